The molecule has 1 aromatic rings. The van der Waals surface area contributed by atoms with E-state index in [-0.39, 0.29) is 5.91 Å². The lowest BCUT2D eigenvalue weighted by molar-refractivity contribution is -0.126. The molecule has 0 aliphatic carbocycles. The number of carbonyl (C=O) groups excluding carboxylic acids is 1. The first-order valence-electron chi connectivity index (χ1n) is 5.09. The largest absolute Gasteiger partial charge is 0.317 e. The third-order valence-electron chi connectivity index (χ3n) is 2.31. The highest BCUT2D eigenvalue weighted by atomic mass is 16.2. The van der Waals surface area contributed by atoms with Crippen molar-refractivity contribution in [2.75, 3.05) is 6.54 Å². The monoisotopic (exact) mass is 203 g/mol. The van der Waals surface area contributed by atoms with Crippen molar-refractivity contribution in [1.82, 2.24) is 4.90 Å². The van der Waals surface area contributed by atoms with Crippen LogP contribution in [0.4, 0.5) is 0 Å². The zero-order chi connectivity index (χ0) is 11.3. The van der Waals surface area contributed by atoms with E-state index in [2.05, 4.69) is 18.7 Å². The fourth-order valence-corrected chi connectivity index (χ4v) is 1.50. The van der Waals surface area contributed by atoms with Crippen molar-refractivity contribution in [3.05, 3.63) is 48.2 Å². The van der Waals surface area contributed by atoms with Crippen molar-refractivity contribution >= 4 is 5.91 Å². The van der Waals surface area contributed by atoms with Crippen LogP contribution in [-0.2, 0) is 11.2 Å². The first-order valence-corrected chi connectivity index (χ1v) is 5.09. The van der Waals surface area contributed by atoms with Crippen molar-refractivity contribution in [3.63, 3.8) is 0 Å². The van der Waals surface area contributed by atoms with Crippen LogP contribution >= 0.6 is 0 Å². The molecule has 15 heavy (non-hydrogen) atoms. The topological polar surface area (TPSA) is 20.3 Å². The SMILES string of the molecule is C=C(C)N(CCc1ccccc1)C(C)=O. The van der Waals surface area contributed by atoms with Gasteiger partial charge in [-0.05, 0) is 18.9 Å². The Labute approximate surface area is 91.2 Å². The third-order valence-corrected chi connectivity index (χ3v) is 2.31. The highest BCUT2D eigenvalue weighted by Gasteiger charge is 2.08. The van der Waals surface area contributed by atoms with Crippen LogP contribution in [0.5, 0.6) is 0 Å². The molecule has 0 saturated carbocycles. The van der Waals surface area contributed by atoms with Gasteiger partial charge in [0.1, 0.15) is 0 Å². The van der Waals surface area contributed by atoms with E-state index in [1.165, 1.54) is 5.56 Å². The van der Waals surface area contributed by atoms with Gasteiger partial charge < -0.3 is 4.90 Å². The maximum absolute atomic E-state index is 11.3. The van der Waals surface area contributed by atoms with E-state index in [0.717, 1.165) is 12.1 Å². The lowest BCUT2D eigenvalue weighted by atomic mass is 10.1. The Morgan fingerprint density at radius 1 is 1.27 bits per heavy atom. The molecule has 0 saturated heterocycles. The molecule has 0 N–H and O–H groups in total. The van der Waals surface area contributed by atoms with Crippen molar-refractivity contribution in [2.24, 2.45) is 0 Å². The molecule has 0 atom stereocenters. The Kier molecular flexibility index (Phi) is 4.10. The number of hydrogen-bond acceptors (Lipinski definition) is 1. The fraction of sp³-hybridized carbons (Fsp3) is 0.308. The average Bonchev–Trinajstić information content (AvgIpc) is 2.18. The summed E-state index contributed by atoms with van der Waals surface area (Å²) in [5, 5.41) is 0. The summed E-state index contributed by atoms with van der Waals surface area (Å²) in [4.78, 5) is 13.0. The van der Waals surface area contributed by atoms with E-state index in [1.54, 1.807) is 11.8 Å². The predicted octanol–water partition coefficient (Wildman–Crippen LogP) is 2.61. The summed E-state index contributed by atoms with van der Waals surface area (Å²) in [5.41, 5.74) is 2.04. The molecular weight excluding hydrogens is 186 g/mol. The second kappa shape index (κ2) is 5.35. The second-order valence-electron chi connectivity index (χ2n) is 3.64. The van der Waals surface area contributed by atoms with Crippen LogP contribution in [0.3, 0.4) is 0 Å². The van der Waals surface area contributed by atoms with Crippen LogP contribution in [0.15, 0.2) is 42.6 Å². The molecule has 0 aliphatic heterocycles. The molecule has 0 spiro atoms. The van der Waals surface area contributed by atoms with Gasteiger partial charge in [0, 0.05) is 19.2 Å². The van der Waals surface area contributed by atoms with Gasteiger partial charge in [-0.15, -0.1) is 0 Å². The number of hydrogen-bond donors (Lipinski definition) is 0. The van der Waals surface area contributed by atoms with Gasteiger partial charge in [-0.1, -0.05) is 36.9 Å². The summed E-state index contributed by atoms with van der Waals surface area (Å²) in [5.74, 6) is 0.0541. The number of nitrogens with zero attached hydrogens (tertiary/aromatic N) is 1. The Morgan fingerprint density at radius 3 is 2.33 bits per heavy atom. The molecule has 0 aliphatic rings. The Hall–Kier alpha value is -1.57. The van der Waals surface area contributed by atoms with Gasteiger partial charge in [-0.2, -0.15) is 0 Å². The van der Waals surface area contributed by atoms with E-state index in [9.17, 15) is 4.79 Å². The summed E-state index contributed by atoms with van der Waals surface area (Å²) in [7, 11) is 0. The number of amides is 1. The van der Waals surface area contributed by atoms with Crippen molar-refractivity contribution in [2.45, 2.75) is 20.3 Å². The highest BCUT2D eigenvalue weighted by Crippen LogP contribution is 2.05. The molecule has 2 heteroatoms. The minimum atomic E-state index is 0.0541. The van der Waals surface area contributed by atoms with Gasteiger partial charge >= 0.3 is 0 Å². The minimum Gasteiger partial charge on any atom is -0.317 e. The van der Waals surface area contributed by atoms with E-state index in [4.69, 9.17) is 0 Å². The van der Waals surface area contributed by atoms with Gasteiger partial charge in [0.15, 0.2) is 0 Å². The Balaban J connectivity index is 2.55. The van der Waals surface area contributed by atoms with Crippen LogP contribution in [0.25, 0.3) is 0 Å². The molecule has 1 amide bonds. The maximum atomic E-state index is 11.3. The molecule has 80 valence electrons. The van der Waals surface area contributed by atoms with Crippen LogP contribution in [0, 0.1) is 0 Å². The van der Waals surface area contributed by atoms with Crippen LogP contribution in [-0.4, -0.2) is 17.4 Å². The molecule has 0 heterocycles. The predicted molar refractivity (Wildman–Crippen MR) is 62.3 cm³/mol. The molecule has 1 rings (SSSR count). The highest BCUT2D eigenvalue weighted by molar-refractivity contribution is 5.75. The third kappa shape index (κ3) is 3.58. The van der Waals surface area contributed by atoms with Crippen LogP contribution in [0.2, 0.25) is 0 Å². The first-order chi connectivity index (χ1) is 7.11. The molecule has 0 aromatic heterocycles. The van der Waals surface area contributed by atoms with Gasteiger partial charge in [0.2, 0.25) is 5.91 Å². The zero-order valence-corrected chi connectivity index (χ0v) is 9.36. The molecule has 1 aromatic carbocycles. The molecule has 0 unspecified atom stereocenters. The number of benzene rings is 1. The van der Waals surface area contributed by atoms with Crippen molar-refractivity contribution in [3.8, 4) is 0 Å². The van der Waals surface area contributed by atoms with Crippen molar-refractivity contribution in [1.29, 1.82) is 0 Å². The van der Waals surface area contributed by atoms with Gasteiger partial charge in [0.05, 0.1) is 0 Å². The van der Waals surface area contributed by atoms with Gasteiger partial charge in [-0.25, -0.2) is 0 Å². The fourth-order valence-electron chi connectivity index (χ4n) is 1.50. The summed E-state index contributed by atoms with van der Waals surface area (Å²) in [6.45, 7) is 7.92. The minimum absolute atomic E-state index is 0.0541. The van der Waals surface area contributed by atoms with Gasteiger partial charge in [0.25, 0.3) is 0 Å². The Bertz CT molecular complexity index is 329. The average molecular weight is 203 g/mol. The molecule has 2 nitrogen and oxygen atoms in total. The van der Waals surface area contributed by atoms with E-state index in [1.807, 2.05) is 25.1 Å². The summed E-state index contributed by atoms with van der Waals surface area (Å²) in [6.07, 6.45) is 0.868. The molecule has 0 radical (unpaired) electrons. The van der Waals surface area contributed by atoms with E-state index < -0.39 is 0 Å². The first kappa shape index (κ1) is 11.5. The lowest BCUT2D eigenvalue weighted by Crippen LogP contribution is -2.28. The second-order valence-corrected chi connectivity index (χ2v) is 3.64. The molecule has 0 bridgehead atoms. The van der Waals surface area contributed by atoms with E-state index >= 15 is 0 Å². The number of carbonyl (C=O) groups is 1. The number of allylic oxidation sites excluding steroid dienone is 1. The van der Waals surface area contributed by atoms with Crippen molar-refractivity contribution < 1.29 is 4.79 Å². The standard InChI is InChI=1S/C13H17NO/c1-11(2)14(12(3)15)10-9-13-7-5-4-6-8-13/h4-8H,1,9-10H2,2-3H3. The summed E-state index contributed by atoms with van der Waals surface area (Å²) < 4.78 is 0. The summed E-state index contributed by atoms with van der Waals surface area (Å²) in [6, 6.07) is 10.1. The molecule has 0 fully saturated rings. The van der Waals surface area contributed by atoms with Crippen LogP contribution < -0.4 is 0 Å². The number of rotatable bonds is 4. The normalized spacial score (nSPS) is 9.73. The zero-order valence-electron chi connectivity index (χ0n) is 9.36. The lowest BCUT2D eigenvalue weighted by Gasteiger charge is -2.20. The quantitative estimate of drug-likeness (QED) is 0.736. The Morgan fingerprint density at radius 2 is 1.87 bits per heavy atom. The summed E-state index contributed by atoms with van der Waals surface area (Å²) >= 11 is 0. The van der Waals surface area contributed by atoms with Crippen LogP contribution in [0.1, 0.15) is 19.4 Å². The van der Waals surface area contributed by atoms with Gasteiger partial charge in [-0.3, -0.25) is 4.79 Å². The smallest absolute Gasteiger partial charge is 0.223 e. The molecular formula is C13H17NO. The maximum Gasteiger partial charge on any atom is 0.223 e. The van der Waals surface area contributed by atoms with E-state index in [0.29, 0.717) is 6.54 Å².